The molecule has 8 heteroatoms. The Hall–Kier alpha value is -2.61. The SMILES string of the molecule is Cc1ccc(C)c(NC(=O)CSc2nc(C(F)(F)F)nc3ccccc23)c1. The largest absolute Gasteiger partial charge is 0.451 e. The Balaban J connectivity index is 1.82. The third-order valence-corrected chi connectivity index (χ3v) is 4.82. The molecule has 1 amide bonds. The minimum absolute atomic E-state index is 0.0638. The van der Waals surface area contributed by atoms with Crippen LogP contribution in [0, 0.1) is 13.8 Å². The van der Waals surface area contributed by atoms with Crippen LogP contribution in [0.3, 0.4) is 0 Å². The molecule has 0 bridgehead atoms. The van der Waals surface area contributed by atoms with Crippen LogP contribution in [0.4, 0.5) is 18.9 Å². The molecule has 27 heavy (non-hydrogen) atoms. The normalized spacial score (nSPS) is 11.6. The Kier molecular flexibility index (Phi) is 5.36. The third kappa shape index (κ3) is 4.57. The first kappa shape index (κ1) is 19.2. The average Bonchev–Trinajstić information content (AvgIpc) is 2.61. The van der Waals surface area contributed by atoms with Gasteiger partial charge in [0.1, 0.15) is 5.03 Å². The van der Waals surface area contributed by atoms with Gasteiger partial charge >= 0.3 is 6.18 Å². The highest BCUT2D eigenvalue weighted by Crippen LogP contribution is 2.32. The fraction of sp³-hybridized carbons (Fsp3) is 0.211. The molecule has 140 valence electrons. The van der Waals surface area contributed by atoms with Gasteiger partial charge in [-0.1, -0.05) is 42.1 Å². The first-order valence-electron chi connectivity index (χ1n) is 8.08. The molecule has 4 nitrogen and oxygen atoms in total. The monoisotopic (exact) mass is 391 g/mol. The Morgan fingerprint density at radius 1 is 1.11 bits per heavy atom. The molecule has 0 saturated heterocycles. The summed E-state index contributed by atoms with van der Waals surface area (Å²) in [6, 6.07) is 12.1. The van der Waals surface area contributed by atoms with Gasteiger partial charge in [0.2, 0.25) is 11.7 Å². The van der Waals surface area contributed by atoms with Gasteiger partial charge in [-0.25, -0.2) is 9.97 Å². The molecule has 0 atom stereocenters. The molecule has 0 spiro atoms. The van der Waals surface area contributed by atoms with Crippen LogP contribution >= 0.6 is 11.8 Å². The number of anilines is 1. The zero-order valence-electron chi connectivity index (χ0n) is 14.6. The molecule has 1 N–H and O–H groups in total. The number of halogens is 3. The van der Waals surface area contributed by atoms with Crippen LogP contribution in [0.5, 0.6) is 0 Å². The number of rotatable bonds is 4. The minimum Gasteiger partial charge on any atom is -0.325 e. The summed E-state index contributed by atoms with van der Waals surface area (Å²) in [5.41, 5.74) is 2.78. The van der Waals surface area contributed by atoms with E-state index in [4.69, 9.17) is 0 Å². The number of aryl methyl sites for hydroxylation is 2. The van der Waals surface area contributed by atoms with E-state index in [2.05, 4.69) is 15.3 Å². The van der Waals surface area contributed by atoms with Gasteiger partial charge in [-0.2, -0.15) is 13.2 Å². The van der Waals surface area contributed by atoms with Crippen LogP contribution in [0.2, 0.25) is 0 Å². The summed E-state index contributed by atoms with van der Waals surface area (Å²) < 4.78 is 39.2. The summed E-state index contributed by atoms with van der Waals surface area (Å²) in [5.74, 6) is -1.59. The van der Waals surface area contributed by atoms with E-state index in [0.717, 1.165) is 22.9 Å². The Morgan fingerprint density at radius 3 is 2.59 bits per heavy atom. The van der Waals surface area contributed by atoms with E-state index >= 15 is 0 Å². The van der Waals surface area contributed by atoms with Crippen molar-refractivity contribution < 1.29 is 18.0 Å². The van der Waals surface area contributed by atoms with Crippen molar-refractivity contribution >= 4 is 34.3 Å². The van der Waals surface area contributed by atoms with Crippen molar-refractivity contribution in [2.24, 2.45) is 0 Å². The molecule has 1 aromatic heterocycles. The second kappa shape index (κ2) is 7.56. The maximum atomic E-state index is 13.1. The molecule has 1 heterocycles. The molecule has 0 radical (unpaired) electrons. The van der Waals surface area contributed by atoms with Crippen LogP contribution < -0.4 is 5.32 Å². The number of para-hydroxylation sites is 1. The fourth-order valence-corrected chi connectivity index (χ4v) is 3.29. The van der Waals surface area contributed by atoms with Gasteiger partial charge in [-0.15, -0.1) is 0 Å². The third-order valence-electron chi connectivity index (χ3n) is 3.83. The number of thioether (sulfide) groups is 1. The van der Waals surface area contributed by atoms with Crippen molar-refractivity contribution in [1.82, 2.24) is 9.97 Å². The number of alkyl halides is 3. The van der Waals surface area contributed by atoms with Crippen molar-refractivity contribution in [2.75, 3.05) is 11.1 Å². The Labute approximate surface area is 158 Å². The second-order valence-electron chi connectivity index (χ2n) is 6.02. The van der Waals surface area contributed by atoms with E-state index in [0.29, 0.717) is 11.1 Å². The van der Waals surface area contributed by atoms with Crippen molar-refractivity contribution in [1.29, 1.82) is 0 Å². The van der Waals surface area contributed by atoms with Crippen molar-refractivity contribution in [2.45, 2.75) is 25.0 Å². The van der Waals surface area contributed by atoms with E-state index in [1.807, 2.05) is 32.0 Å². The van der Waals surface area contributed by atoms with Crippen LogP contribution in [0.1, 0.15) is 17.0 Å². The van der Waals surface area contributed by atoms with Crippen LogP contribution in [-0.4, -0.2) is 21.6 Å². The van der Waals surface area contributed by atoms with Crippen LogP contribution in [0.25, 0.3) is 10.9 Å². The lowest BCUT2D eigenvalue weighted by Gasteiger charge is -2.11. The number of aromatic nitrogens is 2. The predicted octanol–water partition coefficient (Wildman–Crippen LogP) is 5.00. The molecule has 0 aliphatic heterocycles. The zero-order chi connectivity index (χ0) is 19.6. The van der Waals surface area contributed by atoms with E-state index in [1.54, 1.807) is 18.2 Å². The van der Waals surface area contributed by atoms with E-state index in [-0.39, 0.29) is 22.2 Å². The summed E-state index contributed by atoms with van der Waals surface area (Å²) in [6.45, 7) is 3.78. The maximum Gasteiger partial charge on any atom is 0.451 e. The molecule has 3 rings (SSSR count). The molecule has 0 aliphatic carbocycles. The van der Waals surface area contributed by atoms with E-state index in [9.17, 15) is 18.0 Å². The number of fused-ring (bicyclic) bond motifs is 1. The van der Waals surface area contributed by atoms with Crippen molar-refractivity contribution in [3.8, 4) is 0 Å². The minimum atomic E-state index is -4.65. The fourth-order valence-electron chi connectivity index (χ4n) is 2.47. The Bertz CT molecular complexity index is 1010. The summed E-state index contributed by atoms with van der Waals surface area (Å²) in [5, 5.41) is 3.40. The molecule has 0 unspecified atom stereocenters. The second-order valence-corrected chi connectivity index (χ2v) is 6.99. The number of amides is 1. The van der Waals surface area contributed by atoms with Gasteiger partial charge in [0.15, 0.2) is 0 Å². The predicted molar refractivity (Wildman–Crippen MR) is 99.8 cm³/mol. The smallest absolute Gasteiger partial charge is 0.325 e. The first-order valence-corrected chi connectivity index (χ1v) is 9.06. The zero-order valence-corrected chi connectivity index (χ0v) is 15.4. The topological polar surface area (TPSA) is 54.9 Å². The number of carbonyl (C=O) groups excluding carboxylic acids is 1. The average molecular weight is 391 g/mol. The van der Waals surface area contributed by atoms with Gasteiger partial charge in [0.25, 0.3) is 0 Å². The molecular formula is C19H16F3N3OS. The molecule has 0 fully saturated rings. The highest BCUT2D eigenvalue weighted by molar-refractivity contribution is 8.00. The van der Waals surface area contributed by atoms with Crippen LogP contribution in [-0.2, 0) is 11.0 Å². The number of hydrogen-bond donors (Lipinski definition) is 1. The number of carbonyl (C=O) groups is 1. The highest BCUT2D eigenvalue weighted by Gasteiger charge is 2.35. The standard InChI is InChI=1S/C19H16F3N3OS/c1-11-7-8-12(2)15(9-11)23-16(26)10-27-17-13-5-3-4-6-14(13)24-18(25-17)19(20,21)22/h3-9H,10H2,1-2H3,(H,23,26). The van der Waals surface area contributed by atoms with Crippen LogP contribution in [0.15, 0.2) is 47.5 Å². The number of hydrogen-bond acceptors (Lipinski definition) is 4. The highest BCUT2D eigenvalue weighted by atomic mass is 32.2. The number of benzene rings is 2. The van der Waals surface area contributed by atoms with Crippen molar-refractivity contribution in [3.63, 3.8) is 0 Å². The summed E-state index contributed by atoms with van der Waals surface area (Å²) >= 11 is 0.954. The summed E-state index contributed by atoms with van der Waals surface area (Å²) in [7, 11) is 0. The lowest BCUT2D eigenvalue weighted by molar-refractivity contribution is -0.145. The van der Waals surface area contributed by atoms with Gasteiger partial charge in [0.05, 0.1) is 11.3 Å². The van der Waals surface area contributed by atoms with E-state index < -0.39 is 12.0 Å². The molecule has 3 aromatic rings. The molecule has 0 aliphatic rings. The number of nitrogens with zero attached hydrogens (tertiary/aromatic N) is 2. The first-order chi connectivity index (χ1) is 12.7. The molecular weight excluding hydrogens is 375 g/mol. The number of nitrogens with one attached hydrogen (secondary N) is 1. The molecule has 2 aromatic carbocycles. The lowest BCUT2D eigenvalue weighted by atomic mass is 10.1. The Morgan fingerprint density at radius 2 is 1.85 bits per heavy atom. The summed E-state index contributed by atoms with van der Waals surface area (Å²) in [4.78, 5) is 19.5. The van der Waals surface area contributed by atoms with Gasteiger partial charge in [0, 0.05) is 11.1 Å². The summed E-state index contributed by atoms with van der Waals surface area (Å²) in [6.07, 6.45) is -4.65. The molecule has 0 saturated carbocycles. The van der Waals surface area contributed by atoms with E-state index in [1.165, 1.54) is 6.07 Å². The quantitative estimate of drug-likeness (QED) is 0.503. The lowest BCUT2D eigenvalue weighted by Crippen LogP contribution is -2.16. The van der Waals surface area contributed by atoms with Gasteiger partial charge in [-0.3, -0.25) is 4.79 Å². The van der Waals surface area contributed by atoms with Crippen molar-refractivity contribution in [3.05, 3.63) is 59.4 Å². The van der Waals surface area contributed by atoms with Gasteiger partial charge < -0.3 is 5.32 Å². The maximum absolute atomic E-state index is 13.1. The van der Waals surface area contributed by atoms with Gasteiger partial charge in [-0.05, 0) is 37.1 Å².